The molecular weight excluding hydrogens is 300 g/mol. The summed E-state index contributed by atoms with van der Waals surface area (Å²) in [5, 5.41) is 16.0. The molecule has 0 aliphatic carbocycles. The zero-order valence-corrected chi connectivity index (χ0v) is 13.4. The van der Waals surface area contributed by atoms with Crippen molar-refractivity contribution in [1.29, 1.82) is 0 Å². The largest absolute Gasteiger partial charge is 0.480 e. The van der Waals surface area contributed by atoms with E-state index in [-0.39, 0.29) is 17.0 Å². The molecule has 0 saturated heterocycles. The number of rotatable bonds is 7. The molecule has 0 bridgehead atoms. The Bertz CT molecular complexity index is 486. The van der Waals surface area contributed by atoms with Crippen molar-refractivity contribution in [3.63, 3.8) is 0 Å². The van der Waals surface area contributed by atoms with Crippen LogP contribution in [0.15, 0.2) is 6.07 Å². The number of carboxylic acid groups (broad SMARTS) is 1. The van der Waals surface area contributed by atoms with Crippen LogP contribution in [-0.2, 0) is 18.4 Å². The van der Waals surface area contributed by atoms with Gasteiger partial charge in [0.1, 0.15) is 11.7 Å². The Hall–Kier alpha value is -1.15. The van der Waals surface area contributed by atoms with E-state index in [2.05, 4.69) is 10.4 Å². The topological polar surface area (TPSA) is 67.2 Å². The van der Waals surface area contributed by atoms with E-state index in [0.29, 0.717) is 11.4 Å². The summed E-state index contributed by atoms with van der Waals surface area (Å²) in [6.07, 6.45) is -2.59. The highest BCUT2D eigenvalue weighted by atomic mass is 32.2. The quantitative estimate of drug-likeness (QED) is 0.807. The lowest BCUT2D eigenvalue weighted by Gasteiger charge is -2.21. The normalized spacial score (nSPS) is 13.7. The zero-order chi connectivity index (χ0) is 16.2. The summed E-state index contributed by atoms with van der Waals surface area (Å²) in [6, 6.07) is 0.541. The number of nitrogens with one attached hydrogen (secondary N) is 1. The van der Waals surface area contributed by atoms with Gasteiger partial charge in [-0.25, -0.2) is 8.78 Å². The number of hydrogen-bond acceptors (Lipinski definition) is 4. The van der Waals surface area contributed by atoms with Crippen molar-refractivity contribution in [3.05, 3.63) is 17.5 Å². The van der Waals surface area contributed by atoms with Gasteiger partial charge in [0.2, 0.25) is 0 Å². The van der Waals surface area contributed by atoms with Gasteiger partial charge < -0.3 is 5.11 Å². The van der Waals surface area contributed by atoms with Gasteiger partial charge in [0.25, 0.3) is 6.43 Å². The summed E-state index contributed by atoms with van der Waals surface area (Å²) in [4.78, 5) is 11.2. The van der Waals surface area contributed by atoms with Crippen LogP contribution in [-0.4, -0.2) is 37.4 Å². The van der Waals surface area contributed by atoms with Gasteiger partial charge in [-0.05, 0) is 6.07 Å². The molecule has 21 heavy (non-hydrogen) atoms. The number of carboxylic acids is 1. The minimum atomic E-state index is -2.59. The lowest BCUT2D eigenvalue weighted by atomic mass is 10.3. The molecule has 0 spiro atoms. The van der Waals surface area contributed by atoms with Crippen LogP contribution < -0.4 is 5.32 Å². The van der Waals surface area contributed by atoms with Gasteiger partial charge in [-0.15, -0.1) is 0 Å². The number of carbonyl (C=O) groups is 1. The van der Waals surface area contributed by atoms with Crippen LogP contribution in [0.1, 0.15) is 38.6 Å². The van der Waals surface area contributed by atoms with Crippen molar-refractivity contribution in [1.82, 2.24) is 15.1 Å². The Morgan fingerprint density at radius 3 is 2.57 bits per heavy atom. The predicted octanol–water partition coefficient (Wildman–Crippen LogP) is 2.43. The fourth-order valence-electron chi connectivity index (χ4n) is 1.61. The van der Waals surface area contributed by atoms with Gasteiger partial charge in [0, 0.05) is 24.1 Å². The van der Waals surface area contributed by atoms with Crippen LogP contribution in [0.5, 0.6) is 0 Å². The van der Waals surface area contributed by atoms with Crippen LogP contribution >= 0.6 is 11.8 Å². The van der Waals surface area contributed by atoms with Crippen molar-refractivity contribution >= 4 is 17.7 Å². The molecule has 0 aliphatic rings. The SMILES string of the molecule is Cn1nc(CN[C@@H](CSC(C)(C)C)C(=O)O)cc1C(F)F. The number of nitrogens with zero attached hydrogens (tertiary/aromatic N) is 2. The van der Waals surface area contributed by atoms with Crippen LogP contribution in [0.25, 0.3) is 0 Å². The summed E-state index contributed by atoms with van der Waals surface area (Å²) in [5.74, 6) is -0.565. The smallest absolute Gasteiger partial charge is 0.321 e. The molecule has 0 amide bonds. The maximum atomic E-state index is 12.6. The summed E-state index contributed by atoms with van der Waals surface area (Å²) in [6.45, 7) is 6.15. The zero-order valence-electron chi connectivity index (χ0n) is 12.6. The highest BCUT2D eigenvalue weighted by Crippen LogP contribution is 2.24. The van der Waals surface area contributed by atoms with Gasteiger partial charge >= 0.3 is 5.97 Å². The van der Waals surface area contributed by atoms with Crippen LogP contribution in [0.3, 0.4) is 0 Å². The molecule has 0 aromatic carbocycles. The minimum absolute atomic E-state index is 0.0385. The van der Waals surface area contributed by atoms with E-state index in [4.69, 9.17) is 0 Å². The Balaban J connectivity index is 2.61. The first kappa shape index (κ1) is 17.9. The second kappa shape index (κ2) is 7.22. The van der Waals surface area contributed by atoms with E-state index in [0.717, 1.165) is 4.68 Å². The molecule has 5 nitrogen and oxygen atoms in total. The highest BCUT2D eigenvalue weighted by Gasteiger charge is 2.22. The molecular formula is C13H21F2N3O2S. The third kappa shape index (κ3) is 6.01. The van der Waals surface area contributed by atoms with Crippen LogP contribution in [0.2, 0.25) is 0 Å². The first-order chi connectivity index (χ1) is 9.60. The fourth-order valence-corrected chi connectivity index (χ4v) is 2.54. The van der Waals surface area contributed by atoms with Crippen LogP contribution in [0, 0.1) is 0 Å². The Morgan fingerprint density at radius 2 is 2.14 bits per heavy atom. The number of alkyl halides is 2. The van der Waals surface area contributed by atoms with E-state index >= 15 is 0 Å². The number of aliphatic carboxylic acids is 1. The van der Waals surface area contributed by atoms with Crippen molar-refractivity contribution in [2.75, 3.05) is 5.75 Å². The average Bonchev–Trinajstić information content (AvgIpc) is 2.68. The van der Waals surface area contributed by atoms with E-state index < -0.39 is 18.4 Å². The molecule has 1 atom stereocenters. The van der Waals surface area contributed by atoms with Gasteiger partial charge in [0.05, 0.1) is 5.69 Å². The molecule has 0 saturated carbocycles. The second-order valence-electron chi connectivity index (χ2n) is 5.68. The summed E-state index contributed by atoms with van der Waals surface area (Å²) in [5.41, 5.74) is 0.225. The Labute approximate surface area is 127 Å². The molecule has 1 heterocycles. The Morgan fingerprint density at radius 1 is 1.52 bits per heavy atom. The van der Waals surface area contributed by atoms with Crippen molar-refractivity contribution in [2.45, 2.75) is 44.5 Å². The highest BCUT2D eigenvalue weighted by molar-refractivity contribution is 8.00. The fraction of sp³-hybridized carbons (Fsp3) is 0.692. The number of hydrogen-bond donors (Lipinski definition) is 2. The molecule has 2 N–H and O–H groups in total. The first-order valence-electron chi connectivity index (χ1n) is 6.51. The molecule has 1 aromatic heterocycles. The number of halogens is 2. The van der Waals surface area contributed by atoms with Gasteiger partial charge in [0.15, 0.2) is 0 Å². The summed E-state index contributed by atoms with van der Waals surface area (Å²) < 4.78 is 26.4. The molecule has 0 unspecified atom stereocenters. The monoisotopic (exact) mass is 321 g/mol. The second-order valence-corrected chi connectivity index (χ2v) is 7.53. The molecule has 8 heteroatoms. The predicted molar refractivity (Wildman–Crippen MR) is 78.6 cm³/mol. The third-order valence-corrected chi connectivity index (χ3v) is 4.07. The molecule has 1 aromatic rings. The van der Waals surface area contributed by atoms with E-state index in [1.54, 1.807) is 0 Å². The van der Waals surface area contributed by atoms with Crippen molar-refractivity contribution in [3.8, 4) is 0 Å². The molecule has 0 aliphatic heterocycles. The first-order valence-corrected chi connectivity index (χ1v) is 7.50. The summed E-state index contributed by atoms with van der Waals surface area (Å²) in [7, 11) is 1.44. The maximum absolute atomic E-state index is 12.6. The minimum Gasteiger partial charge on any atom is -0.480 e. The van der Waals surface area contributed by atoms with Gasteiger partial charge in [-0.2, -0.15) is 16.9 Å². The number of aryl methyl sites for hydroxylation is 1. The third-order valence-electron chi connectivity index (χ3n) is 2.70. The standard InChI is InChI=1S/C13H21F2N3O2S/c1-13(2,3)21-7-9(12(19)20)16-6-8-5-10(11(14)15)18(4)17-8/h5,9,11,16H,6-7H2,1-4H3,(H,19,20)/t9-/m0/s1. The van der Waals surface area contributed by atoms with E-state index in [9.17, 15) is 18.7 Å². The molecule has 1 rings (SSSR count). The van der Waals surface area contributed by atoms with Crippen molar-refractivity contribution < 1.29 is 18.7 Å². The van der Waals surface area contributed by atoms with E-state index in [1.165, 1.54) is 24.9 Å². The Kier molecular flexibility index (Phi) is 6.15. The molecule has 0 fully saturated rings. The lowest BCUT2D eigenvalue weighted by Crippen LogP contribution is -2.39. The van der Waals surface area contributed by atoms with Gasteiger partial charge in [-0.3, -0.25) is 14.8 Å². The summed E-state index contributed by atoms with van der Waals surface area (Å²) >= 11 is 1.53. The lowest BCUT2D eigenvalue weighted by molar-refractivity contribution is -0.138. The molecule has 120 valence electrons. The van der Waals surface area contributed by atoms with Crippen molar-refractivity contribution in [2.24, 2.45) is 7.05 Å². The van der Waals surface area contributed by atoms with Crippen LogP contribution in [0.4, 0.5) is 8.78 Å². The number of thioether (sulfide) groups is 1. The maximum Gasteiger partial charge on any atom is 0.321 e. The number of aromatic nitrogens is 2. The molecule has 0 radical (unpaired) electrons. The average molecular weight is 321 g/mol. The van der Waals surface area contributed by atoms with E-state index in [1.807, 2.05) is 20.8 Å². The van der Waals surface area contributed by atoms with Gasteiger partial charge in [-0.1, -0.05) is 20.8 Å².